The van der Waals surface area contributed by atoms with Crippen molar-refractivity contribution >= 4 is 0 Å². The molecule has 1 atom stereocenters. The third kappa shape index (κ3) is 2.61. The van der Waals surface area contributed by atoms with Crippen molar-refractivity contribution in [1.82, 2.24) is 9.55 Å². The molecule has 19 heavy (non-hydrogen) atoms. The summed E-state index contributed by atoms with van der Waals surface area (Å²) in [5, 5.41) is 18.1. The number of aromatic nitrogens is 2. The number of nitrogens with zero attached hydrogens (tertiary/aromatic N) is 2. The van der Waals surface area contributed by atoms with Crippen molar-refractivity contribution in [2.45, 2.75) is 12.6 Å². The van der Waals surface area contributed by atoms with Gasteiger partial charge in [0.05, 0.1) is 24.8 Å². The van der Waals surface area contributed by atoms with Crippen LogP contribution in [-0.2, 0) is 6.54 Å². The van der Waals surface area contributed by atoms with Gasteiger partial charge in [0.2, 0.25) is 0 Å². The predicted molar refractivity (Wildman–Crippen MR) is 60.6 cm³/mol. The van der Waals surface area contributed by atoms with Gasteiger partial charge >= 0.3 is 0 Å². The third-order valence-electron chi connectivity index (χ3n) is 2.61. The molecule has 0 aliphatic carbocycles. The van der Waals surface area contributed by atoms with Crippen LogP contribution in [0.1, 0.15) is 0 Å². The van der Waals surface area contributed by atoms with E-state index >= 15 is 0 Å². The smallest absolute Gasteiger partial charge is 0.195 e. The van der Waals surface area contributed by atoms with E-state index in [1.54, 1.807) is 0 Å². The number of imidazole rings is 1. The maximum atomic E-state index is 13.6. The van der Waals surface area contributed by atoms with E-state index in [9.17, 15) is 18.3 Å². The summed E-state index contributed by atoms with van der Waals surface area (Å²) in [5.74, 6) is -4.15. The Morgan fingerprint density at radius 1 is 1.21 bits per heavy atom. The van der Waals surface area contributed by atoms with E-state index in [-0.39, 0.29) is 17.9 Å². The summed E-state index contributed by atoms with van der Waals surface area (Å²) in [7, 11) is 0. The average molecular weight is 272 g/mol. The molecule has 0 spiro atoms. The highest BCUT2D eigenvalue weighted by atomic mass is 19.2. The van der Waals surface area contributed by atoms with Crippen molar-refractivity contribution in [2.75, 3.05) is 6.61 Å². The highest BCUT2D eigenvalue weighted by molar-refractivity contribution is 5.56. The van der Waals surface area contributed by atoms with Crippen molar-refractivity contribution < 1.29 is 23.4 Å². The molecule has 0 aliphatic heterocycles. The number of benzene rings is 1. The molecule has 0 amide bonds. The standard InChI is InChI=1S/C12H11F3N2O2/c13-9-2-1-8(10(14)11(9)15)12-16-3-4-17(12)5-7(19)6-18/h1-4,7,18-19H,5-6H2. The maximum Gasteiger partial charge on any atom is 0.195 e. The molecule has 0 saturated heterocycles. The number of hydrogen-bond donors (Lipinski definition) is 2. The number of rotatable bonds is 4. The summed E-state index contributed by atoms with van der Waals surface area (Å²) in [6.07, 6.45) is 1.72. The molecule has 102 valence electrons. The lowest BCUT2D eigenvalue weighted by Gasteiger charge is -2.12. The average Bonchev–Trinajstić information content (AvgIpc) is 2.84. The third-order valence-corrected chi connectivity index (χ3v) is 2.61. The summed E-state index contributed by atoms with van der Waals surface area (Å²) in [4.78, 5) is 3.85. The second-order valence-corrected chi connectivity index (χ2v) is 3.96. The lowest BCUT2D eigenvalue weighted by atomic mass is 10.2. The van der Waals surface area contributed by atoms with Crippen LogP contribution < -0.4 is 0 Å². The Bertz CT molecular complexity index is 586. The number of aliphatic hydroxyl groups excluding tert-OH is 2. The van der Waals surface area contributed by atoms with Gasteiger partial charge in [0.25, 0.3) is 0 Å². The largest absolute Gasteiger partial charge is 0.394 e. The topological polar surface area (TPSA) is 58.3 Å². The molecule has 0 aliphatic rings. The van der Waals surface area contributed by atoms with E-state index in [2.05, 4.69) is 4.98 Å². The zero-order valence-corrected chi connectivity index (χ0v) is 9.72. The Hall–Kier alpha value is -1.86. The summed E-state index contributed by atoms with van der Waals surface area (Å²) in [6, 6.07) is 1.87. The van der Waals surface area contributed by atoms with Gasteiger partial charge in [-0.1, -0.05) is 0 Å². The monoisotopic (exact) mass is 272 g/mol. The Morgan fingerprint density at radius 3 is 2.63 bits per heavy atom. The fourth-order valence-electron chi connectivity index (χ4n) is 1.68. The number of halogens is 3. The van der Waals surface area contributed by atoms with Crippen LogP contribution in [0.2, 0.25) is 0 Å². The molecular weight excluding hydrogens is 261 g/mol. The quantitative estimate of drug-likeness (QED) is 0.825. The molecule has 0 fully saturated rings. The fourth-order valence-corrected chi connectivity index (χ4v) is 1.68. The van der Waals surface area contributed by atoms with Crippen LogP contribution >= 0.6 is 0 Å². The Balaban J connectivity index is 2.43. The van der Waals surface area contributed by atoms with E-state index in [4.69, 9.17) is 5.11 Å². The number of aliphatic hydroxyl groups is 2. The zero-order chi connectivity index (χ0) is 14.0. The van der Waals surface area contributed by atoms with Gasteiger partial charge in [0.1, 0.15) is 5.82 Å². The molecule has 0 radical (unpaired) electrons. The van der Waals surface area contributed by atoms with Gasteiger partial charge < -0.3 is 14.8 Å². The SMILES string of the molecule is OCC(O)Cn1ccnc1-c1ccc(F)c(F)c1F. The summed E-state index contributed by atoms with van der Waals surface area (Å²) < 4.78 is 41.0. The minimum absolute atomic E-state index is 0.0374. The lowest BCUT2D eigenvalue weighted by Crippen LogP contribution is -2.20. The second kappa shape index (κ2) is 5.41. The molecule has 2 N–H and O–H groups in total. The summed E-state index contributed by atoms with van der Waals surface area (Å²) in [6.45, 7) is -0.512. The van der Waals surface area contributed by atoms with E-state index < -0.39 is 30.2 Å². The number of hydrogen-bond acceptors (Lipinski definition) is 3. The minimum atomic E-state index is -1.57. The minimum Gasteiger partial charge on any atom is -0.394 e. The predicted octanol–water partition coefficient (Wildman–Crippen LogP) is 1.32. The molecule has 0 bridgehead atoms. The molecule has 1 heterocycles. The first-order valence-corrected chi connectivity index (χ1v) is 5.48. The highest BCUT2D eigenvalue weighted by Crippen LogP contribution is 2.24. The van der Waals surface area contributed by atoms with Crippen LogP contribution in [0.3, 0.4) is 0 Å². The molecule has 2 rings (SSSR count). The summed E-state index contributed by atoms with van der Waals surface area (Å²) >= 11 is 0. The maximum absolute atomic E-state index is 13.6. The van der Waals surface area contributed by atoms with E-state index in [0.29, 0.717) is 0 Å². The first-order valence-electron chi connectivity index (χ1n) is 5.48. The molecule has 1 unspecified atom stereocenters. The van der Waals surface area contributed by atoms with Gasteiger partial charge in [-0.15, -0.1) is 0 Å². The van der Waals surface area contributed by atoms with Crippen LogP contribution in [0.15, 0.2) is 24.5 Å². The van der Waals surface area contributed by atoms with Crippen molar-refractivity contribution in [3.05, 3.63) is 42.0 Å². The van der Waals surface area contributed by atoms with Crippen molar-refractivity contribution in [3.63, 3.8) is 0 Å². The lowest BCUT2D eigenvalue weighted by molar-refractivity contribution is 0.0815. The fraction of sp³-hybridized carbons (Fsp3) is 0.250. The van der Waals surface area contributed by atoms with Gasteiger partial charge in [-0.3, -0.25) is 0 Å². The molecule has 1 aromatic carbocycles. The van der Waals surface area contributed by atoms with E-state index in [0.717, 1.165) is 12.1 Å². The van der Waals surface area contributed by atoms with Crippen LogP contribution in [0.25, 0.3) is 11.4 Å². The van der Waals surface area contributed by atoms with Crippen LogP contribution in [0, 0.1) is 17.5 Å². The van der Waals surface area contributed by atoms with E-state index in [1.807, 2.05) is 0 Å². The molecule has 1 aromatic heterocycles. The van der Waals surface area contributed by atoms with Crippen molar-refractivity contribution in [1.29, 1.82) is 0 Å². The van der Waals surface area contributed by atoms with Gasteiger partial charge in [-0.05, 0) is 12.1 Å². The van der Waals surface area contributed by atoms with Crippen molar-refractivity contribution in [3.8, 4) is 11.4 Å². The van der Waals surface area contributed by atoms with Gasteiger partial charge in [-0.2, -0.15) is 0 Å². The molecule has 7 heteroatoms. The molecule has 4 nitrogen and oxygen atoms in total. The first-order chi connectivity index (χ1) is 9.04. The Morgan fingerprint density at radius 2 is 1.95 bits per heavy atom. The van der Waals surface area contributed by atoms with Crippen LogP contribution in [-0.4, -0.2) is 32.5 Å². The van der Waals surface area contributed by atoms with Crippen LogP contribution in [0.5, 0.6) is 0 Å². The zero-order valence-electron chi connectivity index (χ0n) is 9.72. The van der Waals surface area contributed by atoms with Gasteiger partial charge in [0, 0.05) is 12.4 Å². The molecule has 0 saturated carbocycles. The van der Waals surface area contributed by atoms with Gasteiger partial charge in [-0.25, -0.2) is 18.2 Å². The second-order valence-electron chi connectivity index (χ2n) is 3.96. The normalized spacial score (nSPS) is 12.7. The first kappa shape index (κ1) is 13.6. The van der Waals surface area contributed by atoms with Gasteiger partial charge in [0.15, 0.2) is 17.5 Å². The van der Waals surface area contributed by atoms with Crippen molar-refractivity contribution in [2.24, 2.45) is 0 Å². The Labute approximate surface area is 106 Å². The van der Waals surface area contributed by atoms with Crippen LogP contribution in [0.4, 0.5) is 13.2 Å². The van der Waals surface area contributed by atoms with E-state index in [1.165, 1.54) is 17.0 Å². The summed E-state index contributed by atoms with van der Waals surface area (Å²) in [5.41, 5.74) is -0.214. The highest BCUT2D eigenvalue weighted by Gasteiger charge is 2.18. The Kier molecular flexibility index (Phi) is 3.87. The molecular formula is C12H11F3N2O2. The molecule has 2 aromatic rings.